The molecule has 4 rings (SSSR count). The van der Waals surface area contributed by atoms with Crippen LogP contribution in [0.1, 0.15) is 11.1 Å². The molecule has 2 saturated heterocycles. The van der Waals surface area contributed by atoms with Crippen molar-refractivity contribution in [2.24, 2.45) is 0 Å². The standard InChI is InChI=1S/C22H20ClF3N4O3/c1-27-20(33)28-12-21(13-28)19(32)29(17-4-2-3-16(23)9-17)11-18(31)30(21)10-14-5-7-15(8-6-14)22(24,25)26/h2-9H,10-13H2,1H3,(H,27,33). The maximum absolute atomic E-state index is 13.6. The first kappa shape index (κ1) is 22.9. The number of likely N-dealkylation sites (tertiary alicyclic amines) is 1. The first-order chi connectivity index (χ1) is 15.5. The number of urea groups is 1. The van der Waals surface area contributed by atoms with Gasteiger partial charge in [0, 0.05) is 24.3 Å². The second-order valence-electron chi connectivity index (χ2n) is 7.99. The average molecular weight is 481 g/mol. The average Bonchev–Trinajstić information content (AvgIpc) is 2.74. The molecule has 0 aromatic heterocycles. The van der Waals surface area contributed by atoms with Crippen LogP contribution in [0.25, 0.3) is 0 Å². The lowest BCUT2D eigenvalue weighted by molar-refractivity contribution is -0.161. The molecular formula is C22H20ClF3N4O3. The van der Waals surface area contributed by atoms with Gasteiger partial charge in [-0.2, -0.15) is 13.2 Å². The fraction of sp³-hybridized carbons (Fsp3) is 0.318. The summed E-state index contributed by atoms with van der Waals surface area (Å²) in [7, 11) is 1.46. The summed E-state index contributed by atoms with van der Waals surface area (Å²) in [6.45, 7) is -0.376. The maximum atomic E-state index is 13.6. The number of hydrogen-bond donors (Lipinski definition) is 1. The van der Waals surface area contributed by atoms with Gasteiger partial charge in [-0.3, -0.25) is 9.59 Å². The Morgan fingerprint density at radius 2 is 1.79 bits per heavy atom. The number of alkyl halides is 3. The molecule has 4 amide bonds. The smallest absolute Gasteiger partial charge is 0.341 e. The summed E-state index contributed by atoms with van der Waals surface area (Å²) < 4.78 is 38.7. The molecule has 2 aliphatic heterocycles. The second kappa shape index (κ2) is 8.26. The molecule has 2 fully saturated rings. The SMILES string of the molecule is CNC(=O)N1CC2(C1)C(=O)N(c1cccc(Cl)c1)CC(=O)N2Cc1ccc(C(F)(F)F)cc1. The maximum Gasteiger partial charge on any atom is 0.416 e. The number of carbonyl (C=O) groups excluding carboxylic acids is 3. The summed E-state index contributed by atoms with van der Waals surface area (Å²) in [6, 6.07) is 10.6. The van der Waals surface area contributed by atoms with Crippen LogP contribution in [-0.2, 0) is 22.3 Å². The molecule has 0 saturated carbocycles. The minimum absolute atomic E-state index is 0.0328. The molecule has 0 unspecified atom stereocenters. The molecule has 7 nitrogen and oxygen atoms in total. The van der Waals surface area contributed by atoms with E-state index in [9.17, 15) is 27.6 Å². The fourth-order valence-corrected chi connectivity index (χ4v) is 4.35. The fourth-order valence-electron chi connectivity index (χ4n) is 4.16. The second-order valence-corrected chi connectivity index (χ2v) is 8.42. The Balaban J connectivity index is 1.65. The largest absolute Gasteiger partial charge is 0.416 e. The van der Waals surface area contributed by atoms with E-state index in [0.717, 1.165) is 12.1 Å². The number of piperazine rings is 1. The van der Waals surface area contributed by atoms with Gasteiger partial charge in [0.15, 0.2) is 5.54 Å². The summed E-state index contributed by atoms with van der Waals surface area (Å²) >= 11 is 6.06. The number of anilines is 1. The van der Waals surface area contributed by atoms with Crippen molar-refractivity contribution in [1.82, 2.24) is 15.1 Å². The van der Waals surface area contributed by atoms with E-state index in [2.05, 4.69) is 5.32 Å². The lowest BCUT2D eigenvalue weighted by Crippen LogP contribution is -2.81. The third-order valence-corrected chi connectivity index (χ3v) is 6.14. The van der Waals surface area contributed by atoms with Crippen molar-refractivity contribution in [3.63, 3.8) is 0 Å². The molecule has 0 radical (unpaired) electrons. The molecule has 11 heteroatoms. The van der Waals surface area contributed by atoms with Gasteiger partial charge in [0.2, 0.25) is 5.91 Å². The number of amides is 4. The highest BCUT2D eigenvalue weighted by Gasteiger charge is 2.60. The first-order valence-electron chi connectivity index (χ1n) is 10.1. The quantitative estimate of drug-likeness (QED) is 0.733. The predicted molar refractivity (Wildman–Crippen MR) is 115 cm³/mol. The van der Waals surface area contributed by atoms with Crippen molar-refractivity contribution >= 4 is 35.1 Å². The lowest BCUT2D eigenvalue weighted by Gasteiger charge is -2.57. The van der Waals surface area contributed by atoms with E-state index < -0.39 is 23.3 Å². The molecule has 2 heterocycles. The van der Waals surface area contributed by atoms with Crippen molar-refractivity contribution in [3.8, 4) is 0 Å². The van der Waals surface area contributed by atoms with E-state index in [1.54, 1.807) is 24.3 Å². The monoisotopic (exact) mass is 480 g/mol. The van der Waals surface area contributed by atoms with Crippen molar-refractivity contribution in [2.75, 3.05) is 31.6 Å². The Morgan fingerprint density at radius 3 is 2.36 bits per heavy atom. The topological polar surface area (TPSA) is 73.0 Å². The van der Waals surface area contributed by atoms with E-state index >= 15 is 0 Å². The Bertz CT molecular complexity index is 1100. The van der Waals surface area contributed by atoms with Crippen molar-refractivity contribution in [3.05, 3.63) is 64.7 Å². The van der Waals surface area contributed by atoms with Crippen LogP contribution >= 0.6 is 11.6 Å². The summed E-state index contributed by atoms with van der Waals surface area (Å²) in [5.74, 6) is -0.762. The zero-order valence-electron chi connectivity index (χ0n) is 17.5. The van der Waals surface area contributed by atoms with Crippen LogP contribution in [0.15, 0.2) is 48.5 Å². The van der Waals surface area contributed by atoms with E-state index in [-0.39, 0.29) is 38.0 Å². The molecule has 0 aliphatic carbocycles. The summed E-state index contributed by atoms with van der Waals surface area (Å²) in [5.41, 5.74) is -1.23. The summed E-state index contributed by atoms with van der Waals surface area (Å²) in [4.78, 5) is 43.0. The number of benzene rings is 2. The third kappa shape index (κ3) is 4.10. The van der Waals surface area contributed by atoms with E-state index in [1.165, 1.54) is 33.9 Å². The summed E-state index contributed by atoms with van der Waals surface area (Å²) in [6.07, 6.45) is -4.48. The molecule has 0 atom stereocenters. The van der Waals surface area contributed by atoms with Gasteiger partial charge in [-0.25, -0.2) is 4.79 Å². The zero-order valence-corrected chi connectivity index (χ0v) is 18.3. The molecule has 1 N–H and O–H groups in total. The van der Waals surface area contributed by atoms with Gasteiger partial charge in [-0.15, -0.1) is 0 Å². The van der Waals surface area contributed by atoms with E-state index in [0.29, 0.717) is 16.3 Å². The minimum atomic E-state index is -4.48. The highest BCUT2D eigenvalue weighted by Crippen LogP contribution is 2.37. The van der Waals surface area contributed by atoms with Crippen LogP contribution in [0.5, 0.6) is 0 Å². The van der Waals surface area contributed by atoms with Gasteiger partial charge >= 0.3 is 12.2 Å². The van der Waals surface area contributed by atoms with E-state index in [4.69, 9.17) is 11.6 Å². The molecule has 1 spiro atoms. The highest BCUT2D eigenvalue weighted by atomic mass is 35.5. The van der Waals surface area contributed by atoms with Crippen LogP contribution in [-0.4, -0.2) is 59.9 Å². The van der Waals surface area contributed by atoms with E-state index in [1.807, 2.05) is 0 Å². The Hall–Kier alpha value is -3.27. The Morgan fingerprint density at radius 1 is 1.12 bits per heavy atom. The number of hydrogen-bond acceptors (Lipinski definition) is 3. The van der Waals surface area contributed by atoms with Crippen molar-refractivity contribution in [1.29, 1.82) is 0 Å². The predicted octanol–water partition coefficient (Wildman–Crippen LogP) is 3.13. The molecule has 2 aliphatic rings. The number of rotatable bonds is 3. The lowest BCUT2D eigenvalue weighted by atomic mass is 9.83. The Labute approximate surface area is 192 Å². The minimum Gasteiger partial charge on any atom is -0.341 e. The van der Waals surface area contributed by atoms with Crippen LogP contribution < -0.4 is 10.2 Å². The van der Waals surface area contributed by atoms with Gasteiger partial charge in [-0.1, -0.05) is 29.8 Å². The molecule has 2 aromatic rings. The number of carbonyl (C=O) groups is 3. The van der Waals surface area contributed by atoms with Gasteiger partial charge in [-0.05, 0) is 35.9 Å². The van der Waals surface area contributed by atoms with Gasteiger partial charge in [0.05, 0.1) is 18.7 Å². The molecule has 174 valence electrons. The van der Waals surface area contributed by atoms with Crippen LogP contribution in [0.4, 0.5) is 23.7 Å². The molecule has 33 heavy (non-hydrogen) atoms. The zero-order chi connectivity index (χ0) is 24.0. The highest BCUT2D eigenvalue weighted by molar-refractivity contribution is 6.31. The molecule has 2 aromatic carbocycles. The first-order valence-corrected chi connectivity index (χ1v) is 10.4. The normalized spacial score (nSPS) is 17.9. The summed E-state index contributed by atoms with van der Waals surface area (Å²) in [5, 5.41) is 2.88. The number of nitrogens with one attached hydrogen (secondary N) is 1. The van der Waals surface area contributed by atoms with Crippen molar-refractivity contribution in [2.45, 2.75) is 18.3 Å². The van der Waals surface area contributed by atoms with Gasteiger partial charge in [0.25, 0.3) is 5.91 Å². The number of halogens is 4. The number of nitrogens with zero attached hydrogens (tertiary/aromatic N) is 3. The molecular weight excluding hydrogens is 461 g/mol. The molecule has 0 bridgehead atoms. The Kier molecular flexibility index (Phi) is 5.73. The van der Waals surface area contributed by atoms with Crippen molar-refractivity contribution < 1.29 is 27.6 Å². The van der Waals surface area contributed by atoms with Gasteiger partial charge in [0.1, 0.15) is 6.54 Å². The van der Waals surface area contributed by atoms with Crippen LogP contribution in [0.2, 0.25) is 5.02 Å². The van der Waals surface area contributed by atoms with Crippen LogP contribution in [0, 0.1) is 0 Å². The van der Waals surface area contributed by atoms with Crippen LogP contribution in [0.3, 0.4) is 0 Å². The van der Waals surface area contributed by atoms with Gasteiger partial charge < -0.3 is 20.0 Å². The third-order valence-electron chi connectivity index (χ3n) is 5.90.